The summed E-state index contributed by atoms with van der Waals surface area (Å²) in [6, 6.07) is 0.00278. The van der Waals surface area contributed by atoms with E-state index in [2.05, 4.69) is 49.9 Å². The Morgan fingerprint density at radius 3 is 2.84 bits per heavy atom. The Labute approximate surface area is 124 Å². The summed E-state index contributed by atoms with van der Waals surface area (Å²) < 4.78 is 6.97. The van der Waals surface area contributed by atoms with E-state index in [0.717, 1.165) is 40.1 Å². The van der Waals surface area contributed by atoms with Crippen LogP contribution in [0.5, 0.6) is 0 Å². The van der Waals surface area contributed by atoms with E-state index in [0.29, 0.717) is 0 Å². The number of nitrogens with zero attached hydrogens (tertiary/aromatic N) is 4. The number of halogens is 1. The van der Waals surface area contributed by atoms with Crippen LogP contribution in [0.1, 0.15) is 36.2 Å². The van der Waals surface area contributed by atoms with Gasteiger partial charge in [-0.05, 0) is 40.8 Å². The number of hydrogen-bond acceptors (Lipinski definition) is 6. The van der Waals surface area contributed by atoms with E-state index in [-0.39, 0.29) is 6.04 Å². The number of aryl methyl sites for hydroxylation is 2. The molecule has 1 atom stereocenters. The second-order valence-corrected chi connectivity index (χ2v) is 5.73. The summed E-state index contributed by atoms with van der Waals surface area (Å²) in [5.74, 6) is 5.65. The van der Waals surface area contributed by atoms with Gasteiger partial charge in [-0.15, -0.1) is 5.10 Å². The Bertz CT molecular complexity index is 524. The maximum absolute atomic E-state index is 5.65. The van der Waals surface area contributed by atoms with Crippen LogP contribution < -0.4 is 11.3 Å². The molecular formula is C11H17BrN6S. The summed E-state index contributed by atoms with van der Waals surface area (Å²) in [6.45, 7) is 5.02. The van der Waals surface area contributed by atoms with Crippen LogP contribution in [-0.2, 0) is 19.4 Å². The highest BCUT2D eigenvalue weighted by atomic mass is 79.9. The zero-order valence-corrected chi connectivity index (χ0v) is 13.3. The third-order valence-corrected chi connectivity index (χ3v) is 4.71. The van der Waals surface area contributed by atoms with Gasteiger partial charge in [-0.2, -0.15) is 5.10 Å². The molecule has 1 unspecified atom stereocenters. The van der Waals surface area contributed by atoms with Crippen LogP contribution in [0.3, 0.4) is 0 Å². The molecule has 6 nitrogen and oxygen atoms in total. The van der Waals surface area contributed by atoms with Gasteiger partial charge in [0.15, 0.2) is 0 Å². The van der Waals surface area contributed by atoms with E-state index in [1.807, 2.05) is 4.68 Å². The van der Waals surface area contributed by atoms with Gasteiger partial charge in [-0.25, -0.2) is 0 Å². The van der Waals surface area contributed by atoms with Gasteiger partial charge in [-0.1, -0.05) is 11.4 Å². The van der Waals surface area contributed by atoms with Gasteiger partial charge >= 0.3 is 0 Å². The van der Waals surface area contributed by atoms with Crippen LogP contribution in [0, 0.1) is 0 Å². The molecule has 0 radical (unpaired) electrons. The summed E-state index contributed by atoms with van der Waals surface area (Å²) in [6.07, 6.45) is 3.40. The van der Waals surface area contributed by atoms with Crippen molar-refractivity contribution in [2.24, 2.45) is 5.84 Å². The van der Waals surface area contributed by atoms with Crippen molar-refractivity contribution in [3.63, 3.8) is 0 Å². The number of nitrogens with one attached hydrogen (secondary N) is 1. The number of hydrogen-bond donors (Lipinski definition) is 2. The molecule has 8 heteroatoms. The van der Waals surface area contributed by atoms with Crippen LogP contribution >= 0.6 is 27.5 Å². The van der Waals surface area contributed by atoms with E-state index < -0.39 is 0 Å². The SMILES string of the molecule is CCc1nn(CC)c(CC(NN)c2cnns2)c1Br. The molecule has 0 bridgehead atoms. The second kappa shape index (κ2) is 6.56. The van der Waals surface area contributed by atoms with Gasteiger partial charge in [0.2, 0.25) is 0 Å². The third kappa shape index (κ3) is 3.02. The molecule has 2 rings (SSSR count). The fourth-order valence-corrected chi connectivity index (χ4v) is 3.26. The number of nitrogens with two attached hydrogens (primary N) is 1. The molecule has 0 spiro atoms. The van der Waals surface area contributed by atoms with Gasteiger partial charge in [0, 0.05) is 13.0 Å². The van der Waals surface area contributed by atoms with E-state index in [9.17, 15) is 0 Å². The topological polar surface area (TPSA) is 81.7 Å². The summed E-state index contributed by atoms with van der Waals surface area (Å²) in [5.41, 5.74) is 5.05. The zero-order chi connectivity index (χ0) is 13.8. The van der Waals surface area contributed by atoms with Crippen LogP contribution in [0.2, 0.25) is 0 Å². The lowest BCUT2D eigenvalue weighted by atomic mass is 10.1. The lowest BCUT2D eigenvalue weighted by molar-refractivity contribution is 0.521. The predicted molar refractivity (Wildman–Crippen MR) is 78.7 cm³/mol. The Hall–Kier alpha value is -0.830. The van der Waals surface area contributed by atoms with Crippen LogP contribution in [0.4, 0.5) is 0 Å². The van der Waals surface area contributed by atoms with Gasteiger partial charge < -0.3 is 0 Å². The number of hydrazine groups is 1. The lowest BCUT2D eigenvalue weighted by Gasteiger charge is -2.14. The first kappa shape index (κ1) is 14.6. The predicted octanol–water partition coefficient (Wildman–Crippen LogP) is 1.83. The normalized spacial score (nSPS) is 12.8. The molecule has 104 valence electrons. The van der Waals surface area contributed by atoms with Crippen molar-refractivity contribution < 1.29 is 0 Å². The molecule has 0 aliphatic carbocycles. The Morgan fingerprint density at radius 1 is 1.53 bits per heavy atom. The molecule has 0 saturated heterocycles. The summed E-state index contributed by atoms with van der Waals surface area (Å²) >= 11 is 5.00. The molecule has 0 aromatic carbocycles. The van der Waals surface area contributed by atoms with Gasteiger partial charge in [-0.3, -0.25) is 16.0 Å². The Kier molecular flexibility index (Phi) is 5.03. The largest absolute Gasteiger partial charge is 0.271 e. The molecule has 19 heavy (non-hydrogen) atoms. The molecule has 0 fully saturated rings. The quantitative estimate of drug-likeness (QED) is 0.617. The highest BCUT2D eigenvalue weighted by Gasteiger charge is 2.20. The standard InChI is InChI=1S/C11H17BrN6S/c1-3-7-11(12)9(18(4-2)16-7)5-8(15-13)10-6-14-17-19-10/h6,8,15H,3-5,13H2,1-2H3. The average Bonchev–Trinajstić information content (AvgIpc) is 3.04. The van der Waals surface area contributed by atoms with Crippen molar-refractivity contribution in [3.8, 4) is 0 Å². The Balaban J connectivity index is 2.29. The summed E-state index contributed by atoms with van der Waals surface area (Å²) in [4.78, 5) is 1.02. The average molecular weight is 345 g/mol. The van der Waals surface area contributed by atoms with Crippen molar-refractivity contribution >= 4 is 27.5 Å². The first-order valence-electron chi connectivity index (χ1n) is 6.18. The summed E-state index contributed by atoms with van der Waals surface area (Å²) in [7, 11) is 0. The van der Waals surface area contributed by atoms with Crippen molar-refractivity contribution in [2.75, 3.05) is 0 Å². The fourth-order valence-electron chi connectivity index (χ4n) is 1.98. The van der Waals surface area contributed by atoms with Crippen molar-refractivity contribution in [1.29, 1.82) is 0 Å². The van der Waals surface area contributed by atoms with Crippen LogP contribution in [0.25, 0.3) is 0 Å². The van der Waals surface area contributed by atoms with E-state index in [4.69, 9.17) is 5.84 Å². The van der Waals surface area contributed by atoms with Gasteiger partial charge in [0.25, 0.3) is 0 Å². The van der Waals surface area contributed by atoms with Gasteiger partial charge in [0.1, 0.15) is 0 Å². The first-order valence-corrected chi connectivity index (χ1v) is 7.75. The molecular weight excluding hydrogens is 328 g/mol. The maximum Gasteiger partial charge on any atom is 0.0766 e. The number of aromatic nitrogens is 4. The molecule has 2 heterocycles. The highest BCUT2D eigenvalue weighted by molar-refractivity contribution is 9.10. The summed E-state index contributed by atoms with van der Waals surface area (Å²) in [5, 5.41) is 8.45. The molecule has 0 aliphatic rings. The highest BCUT2D eigenvalue weighted by Crippen LogP contribution is 2.27. The smallest absolute Gasteiger partial charge is 0.0766 e. The second-order valence-electron chi connectivity index (χ2n) is 4.12. The first-order chi connectivity index (χ1) is 9.21. The minimum atomic E-state index is 0.00278. The minimum absolute atomic E-state index is 0.00278. The van der Waals surface area contributed by atoms with Crippen molar-refractivity contribution in [3.05, 3.63) is 26.9 Å². The van der Waals surface area contributed by atoms with Crippen molar-refractivity contribution in [2.45, 2.75) is 39.3 Å². The number of rotatable bonds is 6. The van der Waals surface area contributed by atoms with E-state index in [1.54, 1.807) is 6.20 Å². The molecule has 0 amide bonds. The molecule has 0 aliphatic heterocycles. The van der Waals surface area contributed by atoms with Gasteiger partial charge in [0.05, 0.1) is 33.0 Å². The van der Waals surface area contributed by atoms with Crippen molar-refractivity contribution in [1.82, 2.24) is 24.8 Å². The lowest BCUT2D eigenvalue weighted by Crippen LogP contribution is -2.29. The zero-order valence-electron chi connectivity index (χ0n) is 10.9. The Morgan fingerprint density at radius 2 is 2.32 bits per heavy atom. The van der Waals surface area contributed by atoms with E-state index in [1.165, 1.54) is 11.5 Å². The minimum Gasteiger partial charge on any atom is -0.271 e. The molecule has 2 aromatic heterocycles. The molecule has 3 N–H and O–H groups in total. The van der Waals surface area contributed by atoms with Crippen LogP contribution in [0.15, 0.2) is 10.7 Å². The fraction of sp³-hybridized carbons (Fsp3) is 0.545. The monoisotopic (exact) mass is 344 g/mol. The van der Waals surface area contributed by atoms with E-state index >= 15 is 0 Å². The van der Waals surface area contributed by atoms with Crippen LogP contribution in [-0.4, -0.2) is 19.4 Å². The third-order valence-electron chi connectivity index (χ3n) is 3.01. The maximum atomic E-state index is 5.65. The molecule has 0 saturated carbocycles. The molecule has 2 aromatic rings.